The maximum absolute atomic E-state index is 3.85. The fourth-order valence-electron chi connectivity index (χ4n) is 0.268. The van der Waals surface area contributed by atoms with Crippen LogP contribution in [0.1, 0.15) is 5.82 Å². The first-order chi connectivity index (χ1) is 2.79. The van der Waals surface area contributed by atoms with Crippen LogP contribution in [-0.2, 0) is 0 Å². The van der Waals surface area contributed by atoms with Crippen molar-refractivity contribution in [2.24, 2.45) is 0 Å². The van der Waals surface area contributed by atoms with Gasteiger partial charge in [-0.25, -0.2) is 0 Å². The lowest BCUT2D eigenvalue weighted by molar-refractivity contribution is 0.688. The van der Waals surface area contributed by atoms with E-state index in [9.17, 15) is 0 Å². The van der Waals surface area contributed by atoms with Gasteiger partial charge in [0, 0.05) is 0 Å². The molecule has 0 radical (unpaired) electrons. The molecule has 34 valence electrons. The molecular weight excluding hydrogens is 193 g/mol. The highest BCUT2D eigenvalue weighted by Crippen LogP contribution is 1.89. The topological polar surface area (TPSA) is 33.6 Å². The van der Waals surface area contributed by atoms with Gasteiger partial charge in [-0.1, -0.05) is 0 Å². The van der Waals surface area contributed by atoms with Gasteiger partial charge in [-0.3, -0.25) is 5.10 Å². The number of aromatic nitrogens is 3. The Bertz CT molecular complexity index is 106. The normalized spacial score (nSPS) is 9.67. The summed E-state index contributed by atoms with van der Waals surface area (Å²) in [4.78, 5) is 0. The zero-order valence-electron chi connectivity index (χ0n) is 3.27. The number of H-pyrrole nitrogens is 1. The zero-order valence-corrected chi connectivity index (χ0v) is 5.43. The third-order valence-electron chi connectivity index (χ3n) is 0.492. The quantitative estimate of drug-likeness (QED) is 0.610. The van der Waals surface area contributed by atoms with Crippen molar-refractivity contribution in [2.75, 3.05) is 0 Å². The Hall–Kier alpha value is -0.0000000000000000555. The van der Waals surface area contributed by atoms with E-state index in [4.69, 9.17) is 0 Å². The van der Waals surface area contributed by atoms with Crippen molar-refractivity contribution in [2.45, 2.75) is 6.92 Å². The van der Waals surface area contributed by atoms with E-state index in [0.717, 1.165) is 5.82 Å². The number of aryl methyl sites for hydroxylation is 1. The second-order valence-electron chi connectivity index (χ2n) is 1.06. The number of halogens is 1. The van der Waals surface area contributed by atoms with Crippen molar-refractivity contribution in [3.8, 4) is 0 Å². The molecule has 1 rings (SSSR count). The van der Waals surface area contributed by atoms with Gasteiger partial charge in [0.25, 0.3) is 0 Å². The molecule has 0 atom stereocenters. The Kier molecular flexibility index (Phi) is 0.868. The molecule has 4 heteroatoms. The van der Waals surface area contributed by atoms with E-state index >= 15 is 0 Å². The van der Waals surface area contributed by atoms with E-state index in [1.165, 1.54) is 0 Å². The molecule has 0 fully saturated rings. The average Bonchev–Trinajstić information content (AvgIpc) is 1.33. The van der Waals surface area contributed by atoms with Crippen molar-refractivity contribution < 1.29 is 0 Å². The van der Waals surface area contributed by atoms with Gasteiger partial charge in [0.2, 0.25) is 0 Å². The van der Waals surface area contributed by atoms with Gasteiger partial charge in [0.15, 0.2) is 0 Å². The van der Waals surface area contributed by atoms with Crippen molar-refractivity contribution in [3.05, 3.63) is 5.82 Å². The van der Waals surface area contributed by atoms with E-state index in [1.54, 1.807) is 3.01 Å². The number of hydrogen-bond donors (Lipinski definition) is 1. The third-order valence-corrected chi connectivity index (χ3v) is 0.949. The first-order valence-corrected chi connectivity index (χ1v) is 2.53. The highest BCUT2D eigenvalue weighted by atomic mass is 127. The van der Waals surface area contributed by atoms with E-state index in [2.05, 4.69) is 10.2 Å². The number of aromatic amines is 1. The highest BCUT2D eigenvalue weighted by Gasteiger charge is 1.86. The van der Waals surface area contributed by atoms with Crippen LogP contribution in [0.3, 0.4) is 0 Å². The number of nitrogens with one attached hydrogen (secondary N) is 1. The Morgan fingerprint density at radius 3 is 2.50 bits per heavy atom. The maximum Gasteiger partial charge on any atom is 0.142 e. The number of rotatable bonds is 0. The molecule has 1 N–H and O–H groups in total. The lowest BCUT2D eigenvalue weighted by atomic mass is 10.8. The van der Waals surface area contributed by atoms with Crippen LogP contribution in [-0.4, -0.2) is 13.2 Å². The van der Waals surface area contributed by atoms with Crippen LogP contribution >= 0.6 is 22.9 Å². The summed E-state index contributed by atoms with van der Waals surface area (Å²) in [6, 6.07) is 0. The Labute approximate surface area is 49.2 Å². The van der Waals surface area contributed by atoms with E-state index in [-0.39, 0.29) is 0 Å². The van der Waals surface area contributed by atoms with Gasteiger partial charge < -0.3 is 0 Å². The summed E-state index contributed by atoms with van der Waals surface area (Å²) < 4.78 is 1.63. The lowest BCUT2D eigenvalue weighted by Crippen LogP contribution is -2.05. The van der Waals surface area contributed by atoms with Gasteiger partial charge in [-0.15, -0.1) is 8.11 Å². The molecular formula is C2H4IN3. The van der Waals surface area contributed by atoms with Gasteiger partial charge in [0.05, 0.1) is 0 Å². The van der Waals surface area contributed by atoms with Crippen molar-refractivity contribution >= 4 is 22.9 Å². The summed E-state index contributed by atoms with van der Waals surface area (Å²) in [5.74, 6) is 0.976. The maximum atomic E-state index is 3.85. The summed E-state index contributed by atoms with van der Waals surface area (Å²) in [5.41, 5.74) is 0. The number of hydrogen-bond acceptors (Lipinski definition) is 1. The molecule has 0 saturated heterocycles. The largest absolute Gasteiger partial charge is 0.258 e. The fraction of sp³-hybridized carbons (Fsp3) is 0.500. The smallest absolute Gasteiger partial charge is 0.142 e. The Morgan fingerprint density at radius 2 is 2.50 bits per heavy atom. The molecule has 0 unspecified atom stereocenters. The molecule has 0 aliphatic heterocycles. The minimum absolute atomic E-state index is 0.976. The molecule has 1 aromatic heterocycles. The van der Waals surface area contributed by atoms with Crippen molar-refractivity contribution in [1.82, 2.24) is 13.2 Å². The Morgan fingerprint density at radius 1 is 2.00 bits per heavy atom. The first kappa shape index (κ1) is 4.17. The number of nitrogens with zero attached hydrogens (tertiary/aromatic N) is 2. The lowest BCUT2D eigenvalue weighted by Gasteiger charge is -1.99. The second-order valence-corrected chi connectivity index (χ2v) is 1.97. The SMILES string of the molecule is Cc1nn(I)[nH]1. The Balaban J connectivity index is 2.77. The van der Waals surface area contributed by atoms with E-state index in [1.807, 2.05) is 29.8 Å². The highest BCUT2D eigenvalue weighted by molar-refractivity contribution is 14.1. The van der Waals surface area contributed by atoms with Gasteiger partial charge in [-0.2, -0.15) is 0 Å². The summed E-state index contributed by atoms with van der Waals surface area (Å²) in [6.07, 6.45) is 0. The first-order valence-electron chi connectivity index (χ1n) is 1.57. The molecule has 0 bridgehead atoms. The van der Waals surface area contributed by atoms with Crippen LogP contribution in [0.25, 0.3) is 0 Å². The second kappa shape index (κ2) is 1.25. The van der Waals surface area contributed by atoms with Gasteiger partial charge in [0.1, 0.15) is 28.7 Å². The minimum Gasteiger partial charge on any atom is -0.258 e. The third kappa shape index (κ3) is 0.562. The molecule has 0 spiro atoms. The zero-order chi connectivity index (χ0) is 4.57. The van der Waals surface area contributed by atoms with Crippen LogP contribution in [0.5, 0.6) is 0 Å². The molecule has 0 amide bonds. The van der Waals surface area contributed by atoms with E-state index < -0.39 is 0 Å². The molecule has 1 aromatic rings. The van der Waals surface area contributed by atoms with Crippen LogP contribution in [0, 0.1) is 6.92 Å². The van der Waals surface area contributed by atoms with Crippen LogP contribution in [0.4, 0.5) is 0 Å². The summed E-state index contributed by atoms with van der Waals surface area (Å²) >= 11 is 2.04. The average molecular weight is 197 g/mol. The molecule has 3 nitrogen and oxygen atoms in total. The fourth-order valence-corrected chi connectivity index (χ4v) is 0.941. The summed E-state index contributed by atoms with van der Waals surface area (Å²) in [5, 5.41) is 6.72. The van der Waals surface area contributed by atoms with Crippen molar-refractivity contribution in [1.29, 1.82) is 0 Å². The molecule has 0 aliphatic rings. The predicted molar refractivity (Wildman–Crippen MR) is 30.7 cm³/mol. The van der Waals surface area contributed by atoms with Crippen LogP contribution in [0.2, 0.25) is 0 Å². The summed E-state index contributed by atoms with van der Waals surface area (Å²) in [7, 11) is 0. The van der Waals surface area contributed by atoms with E-state index in [0.29, 0.717) is 0 Å². The molecule has 0 aromatic carbocycles. The molecule has 1 heterocycles. The van der Waals surface area contributed by atoms with Crippen LogP contribution in [0.15, 0.2) is 0 Å². The molecule has 0 saturated carbocycles. The monoisotopic (exact) mass is 197 g/mol. The predicted octanol–water partition coefficient (Wildman–Crippen LogP) is 0.718. The minimum atomic E-state index is 0.976. The van der Waals surface area contributed by atoms with Gasteiger partial charge in [-0.05, 0) is 6.92 Å². The standard InChI is InChI=1S/C2H4IN3/c1-2-4-6(3)5-2/h1H3,(H,4,5). The summed E-state index contributed by atoms with van der Waals surface area (Å²) in [6.45, 7) is 1.91. The molecule has 6 heavy (non-hydrogen) atoms. The van der Waals surface area contributed by atoms with Crippen molar-refractivity contribution in [3.63, 3.8) is 0 Å². The molecule has 0 aliphatic carbocycles. The van der Waals surface area contributed by atoms with Crippen LogP contribution < -0.4 is 0 Å². The van der Waals surface area contributed by atoms with Gasteiger partial charge >= 0.3 is 0 Å².